The van der Waals surface area contributed by atoms with E-state index < -0.39 is 28.5 Å². The van der Waals surface area contributed by atoms with Gasteiger partial charge in [0.15, 0.2) is 0 Å². The lowest BCUT2D eigenvalue weighted by Crippen LogP contribution is -2.54. The third-order valence-electron chi connectivity index (χ3n) is 8.32. The van der Waals surface area contributed by atoms with E-state index in [-0.39, 0.29) is 29.8 Å². The molecule has 1 N–H and O–H groups in total. The molecule has 0 saturated heterocycles. The van der Waals surface area contributed by atoms with Crippen molar-refractivity contribution in [2.24, 2.45) is 0 Å². The van der Waals surface area contributed by atoms with Crippen LogP contribution in [0.4, 0.5) is 5.69 Å². The van der Waals surface area contributed by atoms with Crippen LogP contribution < -0.4 is 14.4 Å². The average molecular weight is 674 g/mol. The van der Waals surface area contributed by atoms with Crippen LogP contribution >= 0.6 is 11.6 Å². The van der Waals surface area contributed by atoms with Crippen LogP contribution in [0.25, 0.3) is 0 Å². The smallest absolute Gasteiger partial charge is 0.264 e. The fraction of sp³-hybridized carbons (Fsp3) is 0.297. The maximum Gasteiger partial charge on any atom is 0.264 e. The lowest BCUT2D eigenvalue weighted by atomic mass is 10.0. The van der Waals surface area contributed by atoms with E-state index in [1.807, 2.05) is 49.4 Å². The van der Waals surface area contributed by atoms with E-state index in [9.17, 15) is 18.0 Å². The number of carbonyl (C=O) groups excluding carboxylic acids is 2. The fourth-order valence-corrected chi connectivity index (χ4v) is 7.49. The molecule has 0 unspecified atom stereocenters. The second kappa shape index (κ2) is 16.0. The number of benzene rings is 4. The molecule has 4 aromatic rings. The molecule has 8 nitrogen and oxygen atoms in total. The van der Waals surface area contributed by atoms with Gasteiger partial charge >= 0.3 is 0 Å². The zero-order chi connectivity index (χ0) is 33.2. The molecule has 1 fully saturated rings. The SMILES string of the molecule is CCOc1ccc(N(CC(=O)N(Cc2ccccc2Cl)[C@H](Cc2ccccc2)C(=O)NC2CCCC2)S(=O)(=O)c2ccccc2)cc1. The summed E-state index contributed by atoms with van der Waals surface area (Å²) in [5.41, 5.74) is 1.81. The van der Waals surface area contributed by atoms with Gasteiger partial charge < -0.3 is 15.0 Å². The summed E-state index contributed by atoms with van der Waals surface area (Å²) < 4.78 is 35.0. The number of hydrogen-bond donors (Lipinski definition) is 1. The van der Waals surface area contributed by atoms with Gasteiger partial charge in [0.25, 0.3) is 10.0 Å². The van der Waals surface area contributed by atoms with E-state index in [4.69, 9.17) is 16.3 Å². The van der Waals surface area contributed by atoms with Crippen molar-refractivity contribution in [3.63, 3.8) is 0 Å². The van der Waals surface area contributed by atoms with Gasteiger partial charge in [-0.1, -0.05) is 91.2 Å². The number of carbonyl (C=O) groups is 2. The average Bonchev–Trinajstić information content (AvgIpc) is 3.60. The maximum absolute atomic E-state index is 14.6. The predicted molar refractivity (Wildman–Crippen MR) is 185 cm³/mol. The molecule has 0 aromatic heterocycles. The molecule has 1 saturated carbocycles. The monoisotopic (exact) mass is 673 g/mol. The zero-order valence-electron chi connectivity index (χ0n) is 26.4. The number of amides is 2. The van der Waals surface area contributed by atoms with E-state index >= 15 is 0 Å². The Bertz CT molecular complexity index is 1730. The summed E-state index contributed by atoms with van der Waals surface area (Å²) >= 11 is 6.59. The van der Waals surface area contributed by atoms with Gasteiger partial charge in [0, 0.05) is 24.0 Å². The highest BCUT2D eigenvalue weighted by Crippen LogP contribution is 2.28. The third kappa shape index (κ3) is 8.73. The van der Waals surface area contributed by atoms with Gasteiger partial charge in [-0.25, -0.2) is 8.42 Å². The van der Waals surface area contributed by atoms with Gasteiger partial charge in [-0.15, -0.1) is 0 Å². The van der Waals surface area contributed by atoms with Gasteiger partial charge in [0.05, 0.1) is 17.2 Å². The number of nitrogens with one attached hydrogen (secondary N) is 1. The van der Waals surface area contributed by atoms with Crippen LogP contribution in [-0.4, -0.2) is 50.4 Å². The molecule has 4 aromatic carbocycles. The van der Waals surface area contributed by atoms with Crippen molar-refractivity contribution < 1.29 is 22.7 Å². The van der Waals surface area contributed by atoms with Crippen molar-refractivity contribution in [1.82, 2.24) is 10.2 Å². The largest absolute Gasteiger partial charge is 0.494 e. The second-order valence-corrected chi connectivity index (χ2v) is 13.8. The molecule has 0 bridgehead atoms. The Morgan fingerprint density at radius 1 is 0.872 bits per heavy atom. The molecule has 0 aliphatic heterocycles. The maximum atomic E-state index is 14.6. The van der Waals surface area contributed by atoms with Crippen molar-refractivity contribution in [1.29, 1.82) is 0 Å². The summed E-state index contributed by atoms with van der Waals surface area (Å²) in [5.74, 6) is -0.244. The Morgan fingerprint density at radius 2 is 1.49 bits per heavy atom. The van der Waals surface area contributed by atoms with E-state index in [2.05, 4.69) is 5.32 Å². The molecule has 47 heavy (non-hydrogen) atoms. The number of anilines is 1. The van der Waals surface area contributed by atoms with Gasteiger partial charge in [-0.05, 0) is 73.4 Å². The number of halogens is 1. The Kier molecular flexibility index (Phi) is 11.6. The molecule has 0 spiro atoms. The quantitative estimate of drug-likeness (QED) is 0.162. The number of nitrogens with zero attached hydrogens (tertiary/aromatic N) is 2. The molecule has 2 amide bonds. The lowest BCUT2D eigenvalue weighted by molar-refractivity contribution is -0.140. The first kappa shape index (κ1) is 34.0. The minimum Gasteiger partial charge on any atom is -0.494 e. The zero-order valence-corrected chi connectivity index (χ0v) is 28.0. The first-order chi connectivity index (χ1) is 22.8. The molecule has 1 aliphatic rings. The van der Waals surface area contributed by atoms with Crippen LogP contribution in [0.3, 0.4) is 0 Å². The Balaban J connectivity index is 1.56. The molecule has 10 heteroatoms. The Morgan fingerprint density at radius 3 is 2.13 bits per heavy atom. The van der Waals surface area contributed by atoms with Crippen LogP contribution in [0.5, 0.6) is 5.75 Å². The molecule has 5 rings (SSSR count). The standard InChI is InChI=1S/C37H40ClN3O5S/c1-2-46-32-23-21-31(22-24-32)41(47(44,45)33-18-7-4-8-19-33)27-36(42)40(26-29-15-9-12-20-34(29)38)35(25-28-13-5-3-6-14-28)37(43)39-30-16-10-11-17-30/h3-9,12-15,18-24,30,35H,2,10-11,16-17,25-27H2,1H3,(H,39,43)/t35-/m1/s1. The highest BCUT2D eigenvalue weighted by atomic mass is 35.5. The molecule has 246 valence electrons. The van der Waals surface area contributed by atoms with Crippen molar-refractivity contribution in [2.45, 2.75) is 62.6 Å². The van der Waals surface area contributed by atoms with Crippen LogP contribution in [0, 0.1) is 0 Å². The van der Waals surface area contributed by atoms with E-state index in [1.54, 1.807) is 54.6 Å². The van der Waals surface area contributed by atoms with Crippen LogP contribution in [-0.2, 0) is 32.6 Å². The molecule has 1 aliphatic carbocycles. The summed E-state index contributed by atoms with van der Waals surface area (Å²) in [4.78, 5) is 30.3. The second-order valence-electron chi connectivity index (χ2n) is 11.6. The predicted octanol–water partition coefficient (Wildman–Crippen LogP) is 6.63. The number of sulfonamides is 1. The molecule has 1 atom stereocenters. The topological polar surface area (TPSA) is 96.0 Å². The van der Waals surface area contributed by atoms with E-state index in [1.165, 1.54) is 17.0 Å². The fourth-order valence-electron chi connectivity index (χ4n) is 5.86. The van der Waals surface area contributed by atoms with Crippen LogP contribution in [0.15, 0.2) is 114 Å². The molecular weight excluding hydrogens is 634 g/mol. The normalized spacial score (nSPS) is 13.9. The Hall–Kier alpha value is -4.34. The number of rotatable bonds is 14. The van der Waals surface area contributed by atoms with Crippen molar-refractivity contribution in [2.75, 3.05) is 17.5 Å². The summed E-state index contributed by atoms with van der Waals surface area (Å²) in [5, 5.41) is 3.63. The minimum absolute atomic E-state index is 0.0105. The molecular formula is C37H40ClN3O5S. The van der Waals surface area contributed by atoms with Crippen LogP contribution in [0.2, 0.25) is 5.02 Å². The summed E-state index contributed by atoms with van der Waals surface area (Å²) in [6.07, 6.45) is 4.06. The highest BCUT2D eigenvalue weighted by Gasteiger charge is 2.35. The minimum atomic E-state index is -4.19. The van der Waals surface area contributed by atoms with E-state index in [0.717, 1.165) is 35.6 Å². The van der Waals surface area contributed by atoms with Gasteiger partial charge in [-0.3, -0.25) is 13.9 Å². The Labute approximate surface area is 282 Å². The van der Waals surface area contributed by atoms with Crippen molar-refractivity contribution in [3.05, 3.63) is 125 Å². The van der Waals surface area contributed by atoms with Crippen LogP contribution in [0.1, 0.15) is 43.7 Å². The highest BCUT2D eigenvalue weighted by molar-refractivity contribution is 7.92. The number of ether oxygens (including phenoxy) is 1. The van der Waals surface area contributed by atoms with Crippen molar-refractivity contribution >= 4 is 39.1 Å². The number of hydrogen-bond acceptors (Lipinski definition) is 5. The van der Waals surface area contributed by atoms with Gasteiger partial charge in [0.2, 0.25) is 11.8 Å². The summed E-state index contributed by atoms with van der Waals surface area (Å²) in [6, 6.07) is 30.3. The van der Waals surface area contributed by atoms with Crippen molar-refractivity contribution in [3.8, 4) is 5.75 Å². The van der Waals surface area contributed by atoms with Gasteiger partial charge in [-0.2, -0.15) is 0 Å². The van der Waals surface area contributed by atoms with E-state index in [0.29, 0.717) is 28.6 Å². The first-order valence-corrected chi connectivity index (χ1v) is 17.8. The first-order valence-electron chi connectivity index (χ1n) is 15.9. The molecule has 0 radical (unpaired) electrons. The third-order valence-corrected chi connectivity index (χ3v) is 10.5. The molecule has 0 heterocycles. The lowest BCUT2D eigenvalue weighted by Gasteiger charge is -2.34. The summed E-state index contributed by atoms with van der Waals surface area (Å²) in [6.45, 7) is 1.78. The summed E-state index contributed by atoms with van der Waals surface area (Å²) in [7, 11) is -4.19. The van der Waals surface area contributed by atoms with Gasteiger partial charge in [0.1, 0.15) is 18.3 Å².